The van der Waals surface area contributed by atoms with Gasteiger partial charge in [-0.15, -0.1) is 0 Å². The van der Waals surface area contributed by atoms with E-state index in [0.717, 1.165) is 11.4 Å². The monoisotopic (exact) mass is 276 g/mol. The number of aromatic nitrogens is 2. The van der Waals surface area contributed by atoms with Crippen molar-refractivity contribution in [1.29, 1.82) is 0 Å². The van der Waals surface area contributed by atoms with E-state index in [-0.39, 0.29) is 0 Å². The second-order valence-corrected chi connectivity index (χ2v) is 4.49. The summed E-state index contributed by atoms with van der Waals surface area (Å²) in [5, 5.41) is 3.84. The van der Waals surface area contributed by atoms with E-state index in [1.165, 1.54) is 11.8 Å². The van der Waals surface area contributed by atoms with Crippen LogP contribution in [0.15, 0.2) is 35.5 Å². The average Bonchev–Trinajstić information content (AvgIpc) is 2.40. The molecule has 3 N–H and O–H groups in total. The molecule has 0 aliphatic carbocycles. The molecule has 0 bridgehead atoms. The zero-order valence-electron chi connectivity index (χ0n) is 10.9. The van der Waals surface area contributed by atoms with Crippen molar-refractivity contribution in [1.82, 2.24) is 9.97 Å². The zero-order valence-corrected chi connectivity index (χ0v) is 11.7. The molecule has 0 unspecified atom stereocenters. The SMILES string of the molecule is CCOc1ccccc1Nc1cc(N)nc(SC)n1. The molecule has 1 heterocycles. The molecule has 0 saturated heterocycles. The van der Waals surface area contributed by atoms with Crippen LogP contribution >= 0.6 is 11.8 Å². The molecule has 19 heavy (non-hydrogen) atoms. The van der Waals surface area contributed by atoms with Crippen LogP contribution in [-0.4, -0.2) is 22.8 Å². The first-order valence-electron chi connectivity index (χ1n) is 5.90. The Balaban J connectivity index is 2.28. The minimum Gasteiger partial charge on any atom is -0.492 e. The molecule has 0 fully saturated rings. The molecule has 100 valence electrons. The van der Waals surface area contributed by atoms with E-state index < -0.39 is 0 Å². The number of nitrogen functional groups attached to an aromatic ring is 1. The Kier molecular flexibility index (Phi) is 4.46. The van der Waals surface area contributed by atoms with Crippen molar-refractivity contribution >= 4 is 29.1 Å². The standard InChI is InChI=1S/C13H16N4OS/c1-3-18-10-7-5-4-6-9(10)15-12-8-11(14)16-13(17-12)19-2/h4-8H,3H2,1-2H3,(H3,14,15,16,17). The van der Waals surface area contributed by atoms with Crippen molar-refractivity contribution < 1.29 is 4.74 Å². The Morgan fingerprint density at radius 2 is 2.11 bits per heavy atom. The fourth-order valence-corrected chi connectivity index (χ4v) is 1.97. The third-order valence-corrected chi connectivity index (χ3v) is 2.91. The number of benzene rings is 1. The molecule has 2 rings (SSSR count). The highest BCUT2D eigenvalue weighted by atomic mass is 32.2. The first-order chi connectivity index (χ1) is 9.22. The number of nitrogens with zero attached hydrogens (tertiary/aromatic N) is 2. The van der Waals surface area contributed by atoms with Gasteiger partial charge >= 0.3 is 0 Å². The molecule has 1 aromatic heterocycles. The second-order valence-electron chi connectivity index (χ2n) is 3.72. The molecule has 0 saturated carbocycles. The molecule has 2 aromatic rings. The maximum atomic E-state index is 5.75. The normalized spacial score (nSPS) is 10.2. The van der Waals surface area contributed by atoms with E-state index in [4.69, 9.17) is 10.5 Å². The van der Waals surface area contributed by atoms with E-state index in [1.54, 1.807) is 6.07 Å². The molecular formula is C13H16N4OS. The quantitative estimate of drug-likeness (QED) is 0.646. The van der Waals surface area contributed by atoms with Crippen molar-refractivity contribution in [3.63, 3.8) is 0 Å². The maximum Gasteiger partial charge on any atom is 0.191 e. The van der Waals surface area contributed by atoms with Gasteiger partial charge < -0.3 is 15.8 Å². The number of rotatable bonds is 5. The highest BCUT2D eigenvalue weighted by molar-refractivity contribution is 7.98. The van der Waals surface area contributed by atoms with Crippen LogP contribution in [0, 0.1) is 0 Å². The fourth-order valence-electron chi connectivity index (χ4n) is 1.59. The lowest BCUT2D eigenvalue weighted by molar-refractivity contribution is 0.342. The second kappa shape index (κ2) is 6.29. The van der Waals surface area contributed by atoms with Crippen LogP contribution < -0.4 is 15.8 Å². The van der Waals surface area contributed by atoms with Gasteiger partial charge in [-0.05, 0) is 25.3 Å². The lowest BCUT2D eigenvalue weighted by Crippen LogP contribution is -2.02. The average molecular weight is 276 g/mol. The lowest BCUT2D eigenvalue weighted by atomic mass is 10.3. The summed E-state index contributed by atoms with van der Waals surface area (Å²) in [6.07, 6.45) is 1.91. The van der Waals surface area contributed by atoms with Crippen LogP contribution in [0.4, 0.5) is 17.3 Å². The van der Waals surface area contributed by atoms with Crippen molar-refractivity contribution in [3.05, 3.63) is 30.3 Å². The Morgan fingerprint density at radius 1 is 1.32 bits per heavy atom. The number of nitrogens with two attached hydrogens (primary N) is 1. The third-order valence-electron chi connectivity index (χ3n) is 2.36. The molecule has 0 aliphatic rings. The number of para-hydroxylation sites is 2. The van der Waals surface area contributed by atoms with Crippen molar-refractivity contribution in [2.45, 2.75) is 12.1 Å². The van der Waals surface area contributed by atoms with Crippen LogP contribution in [0.2, 0.25) is 0 Å². The Hall–Kier alpha value is -1.95. The van der Waals surface area contributed by atoms with Crippen LogP contribution in [-0.2, 0) is 0 Å². The van der Waals surface area contributed by atoms with Gasteiger partial charge in [0.15, 0.2) is 5.16 Å². The third kappa shape index (κ3) is 3.51. The van der Waals surface area contributed by atoms with Crippen molar-refractivity contribution in [2.75, 3.05) is 23.9 Å². The van der Waals surface area contributed by atoms with E-state index in [0.29, 0.717) is 23.4 Å². The predicted molar refractivity (Wildman–Crippen MR) is 79.1 cm³/mol. The van der Waals surface area contributed by atoms with Gasteiger partial charge in [-0.2, -0.15) is 0 Å². The summed E-state index contributed by atoms with van der Waals surface area (Å²) in [5.41, 5.74) is 6.61. The van der Waals surface area contributed by atoms with Crippen LogP contribution in [0.1, 0.15) is 6.92 Å². The number of nitrogens with one attached hydrogen (secondary N) is 1. The topological polar surface area (TPSA) is 73.1 Å². The van der Waals surface area contributed by atoms with Gasteiger partial charge in [0.05, 0.1) is 12.3 Å². The predicted octanol–water partition coefficient (Wildman–Crippen LogP) is 2.92. The largest absolute Gasteiger partial charge is 0.492 e. The number of ether oxygens (including phenoxy) is 1. The Morgan fingerprint density at radius 3 is 2.84 bits per heavy atom. The summed E-state index contributed by atoms with van der Waals surface area (Å²) in [6.45, 7) is 2.56. The first kappa shape index (κ1) is 13.5. The minimum absolute atomic E-state index is 0.441. The van der Waals surface area contributed by atoms with Gasteiger partial charge in [-0.1, -0.05) is 23.9 Å². The number of hydrogen-bond donors (Lipinski definition) is 2. The molecule has 6 heteroatoms. The van der Waals surface area contributed by atoms with Crippen LogP contribution in [0.3, 0.4) is 0 Å². The number of hydrogen-bond acceptors (Lipinski definition) is 6. The number of anilines is 3. The fraction of sp³-hybridized carbons (Fsp3) is 0.231. The summed E-state index contributed by atoms with van der Waals surface area (Å²) in [5.74, 6) is 1.88. The van der Waals surface area contributed by atoms with Gasteiger partial charge in [0.2, 0.25) is 0 Å². The highest BCUT2D eigenvalue weighted by Gasteiger charge is 2.06. The molecule has 1 aromatic carbocycles. The van der Waals surface area contributed by atoms with E-state index >= 15 is 0 Å². The van der Waals surface area contributed by atoms with E-state index in [2.05, 4.69) is 15.3 Å². The molecular weight excluding hydrogens is 260 g/mol. The van der Waals surface area contributed by atoms with Gasteiger partial charge in [0.25, 0.3) is 0 Å². The van der Waals surface area contributed by atoms with Crippen LogP contribution in [0.25, 0.3) is 0 Å². The summed E-state index contributed by atoms with van der Waals surface area (Å²) in [7, 11) is 0. The van der Waals surface area contributed by atoms with Crippen molar-refractivity contribution in [2.24, 2.45) is 0 Å². The van der Waals surface area contributed by atoms with Gasteiger partial charge in [-0.3, -0.25) is 0 Å². The summed E-state index contributed by atoms with van der Waals surface area (Å²) in [4.78, 5) is 8.46. The van der Waals surface area contributed by atoms with Crippen LogP contribution in [0.5, 0.6) is 5.75 Å². The molecule has 0 radical (unpaired) electrons. The summed E-state index contributed by atoms with van der Waals surface area (Å²) < 4.78 is 5.55. The summed E-state index contributed by atoms with van der Waals surface area (Å²) >= 11 is 1.45. The molecule has 5 nitrogen and oxygen atoms in total. The van der Waals surface area contributed by atoms with Gasteiger partial charge in [0.1, 0.15) is 17.4 Å². The molecule has 0 aliphatic heterocycles. The number of thioether (sulfide) groups is 1. The Bertz CT molecular complexity index is 562. The highest BCUT2D eigenvalue weighted by Crippen LogP contribution is 2.27. The van der Waals surface area contributed by atoms with E-state index in [1.807, 2.05) is 37.4 Å². The van der Waals surface area contributed by atoms with E-state index in [9.17, 15) is 0 Å². The van der Waals surface area contributed by atoms with Crippen molar-refractivity contribution in [3.8, 4) is 5.75 Å². The van der Waals surface area contributed by atoms with Gasteiger partial charge in [-0.25, -0.2) is 9.97 Å². The zero-order chi connectivity index (χ0) is 13.7. The molecule has 0 amide bonds. The Labute approximate surface area is 116 Å². The van der Waals surface area contributed by atoms with Gasteiger partial charge in [0, 0.05) is 6.07 Å². The minimum atomic E-state index is 0.441. The lowest BCUT2D eigenvalue weighted by Gasteiger charge is -2.12. The smallest absolute Gasteiger partial charge is 0.191 e. The molecule has 0 spiro atoms. The molecule has 0 atom stereocenters. The maximum absolute atomic E-state index is 5.75. The first-order valence-corrected chi connectivity index (χ1v) is 7.12. The summed E-state index contributed by atoms with van der Waals surface area (Å²) in [6, 6.07) is 9.40.